The van der Waals surface area contributed by atoms with Crippen LogP contribution in [0, 0.1) is 5.92 Å². The molecule has 1 heterocycles. The Morgan fingerprint density at radius 3 is 1.47 bits per heavy atom. The molecule has 1 saturated heterocycles. The maximum Gasteiger partial charge on any atom is 0.180 e. The molecule has 0 aromatic heterocycles. The van der Waals surface area contributed by atoms with Gasteiger partial charge in [0.25, 0.3) is 0 Å². The molecule has 1 aliphatic heterocycles. The first-order valence-corrected chi connectivity index (χ1v) is 11.7. The van der Waals surface area contributed by atoms with E-state index >= 15 is 0 Å². The Hall–Kier alpha value is -3.82. The first-order valence-electron chi connectivity index (χ1n) is 11.7. The van der Waals surface area contributed by atoms with Gasteiger partial charge < -0.3 is 0 Å². The highest BCUT2D eigenvalue weighted by molar-refractivity contribution is 6.07. The van der Waals surface area contributed by atoms with E-state index in [1.807, 2.05) is 104 Å². The number of Topliss-reactive ketones (excluding diaryl/α,β-unsaturated/α-hetero) is 2. The van der Waals surface area contributed by atoms with Gasteiger partial charge in [-0.3, -0.25) is 14.5 Å². The Labute approximate surface area is 200 Å². The number of benzene rings is 4. The van der Waals surface area contributed by atoms with E-state index in [1.165, 1.54) is 0 Å². The van der Waals surface area contributed by atoms with Crippen molar-refractivity contribution in [3.63, 3.8) is 0 Å². The summed E-state index contributed by atoms with van der Waals surface area (Å²) < 4.78 is 0. The van der Waals surface area contributed by atoms with Gasteiger partial charge in [0.2, 0.25) is 0 Å². The second-order valence-electron chi connectivity index (χ2n) is 8.89. The zero-order valence-electron chi connectivity index (χ0n) is 19.1. The van der Waals surface area contributed by atoms with Crippen LogP contribution in [0.4, 0.5) is 0 Å². The molecule has 4 aromatic rings. The molecule has 1 fully saturated rings. The Kier molecular flexibility index (Phi) is 6.20. The van der Waals surface area contributed by atoms with E-state index in [-0.39, 0.29) is 23.5 Å². The molecule has 1 aliphatic rings. The Morgan fingerprint density at radius 2 is 0.971 bits per heavy atom. The van der Waals surface area contributed by atoms with E-state index in [0.29, 0.717) is 11.1 Å². The molecule has 34 heavy (non-hydrogen) atoms. The van der Waals surface area contributed by atoms with Crippen molar-refractivity contribution < 1.29 is 9.59 Å². The molecule has 4 atom stereocenters. The van der Waals surface area contributed by atoms with Crippen LogP contribution in [0.3, 0.4) is 0 Å². The van der Waals surface area contributed by atoms with Crippen LogP contribution in [0.1, 0.15) is 43.8 Å². The lowest BCUT2D eigenvalue weighted by atomic mass is 9.75. The summed E-state index contributed by atoms with van der Waals surface area (Å²) >= 11 is 0. The summed E-state index contributed by atoms with van der Waals surface area (Å²) in [6.45, 7) is 0. The monoisotopic (exact) mass is 445 g/mol. The highest BCUT2D eigenvalue weighted by Crippen LogP contribution is 2.51. The van der Waals surface area contributed by atoms with E-state index in [9.17, 15) is 9.59 Å². The van der Waals surface area contributed by atoms with Gasteiger partial charge in [0.05, 0.1) is 12.0 Å². The third kappa shape index (κ3) is 4.00. The molecular weight excluding hydrogens is 418 g/mol. The number of likely N-dealkylation sites (tertiary alicyclic amines) is 1. The van der Waals surface area contributed by atoms with E-state index in [2.05, 4.69) is 29.2 Å². The first-order chi connectivity index (χ1) is 16.7. The summed E-state index contributed by atoms with van der Waals surface area (Å²) in [5.41, 5.74) is 3.45. The molecule has 5 rings (SSSR count). The lowest BCUT2D eigenvalue weighted by molar-refractivity contribution is 0.0760. The summed E-state index contributed by atoms with van der Waals surface area (Å²) in [5.74, 6) is -0.697. The van der Waals surface area contributed by atoms with E-state index in [0.717, 1.165) is 11.1 Å². The number of rotatable bonds is 6. The Balaban J connectivity index is 1.70. The van der Waals surface area contributed by atoms with E-state index < -0.39 is 12.0 Å². The quantitative estimate of drug-likeness (QED) is 0.331. The molecule has 0 amide bonds. The summed E-state index contributed by atoms with van der Waals surface area (Å²) in [6, 6.07) is 38.4. The van der Waals surface area contributed by atoms with Crippen LogP contribution in [0.25, 0.3) is 0 Å². The average Bonchev–Trinajstić information content (AvgIpc) is 3.22. The predicted octanol–water partition coefficient (Wildman–Crippen LogP) is 6.21. The summed E-state index contributed by atoms with van der Waals surface area (Å²) in [5, 5.41) is 0. The van der Waals surface area contributed by atoms with Crippen molar-refractivity contribution in [2.75, 3.05) is 7.05 Å². The second kappa shape index (κ2) is 9.58. The third-order valence-electron chi connectivity index (χ3n) is 6.96. The van der Waals surface area contributed by atoms with Crippen molar-refractivity contribution >= 4 is 11.6 Å². The van der Waals surface area contributed by atoms with Crippen LogP contribution in [0.2, 0.25) is 0 Å². The zero-order chi connectivity index (χ0) is 23.5. The zero-order valence-corrected chi connectivity index (χ0v) is 19.1. The number of likely N-dealkylation sites (N-methyl/N-ethyl adjacent to an activating group) is 1. The molecule has 3 nitrogen and oxygen atoms in total. The lowest BCUT2D eigenvalue weighted by Crippen LogP contribution is -2.41. The van der Waals surface area contributed by atoms with Gasteiger partial charge in [0.15, 0.2) is 11.6 Å². The van der Waals surface area contributed by atoms with Gasteiger partial charge >= 0.3 is 0 Å². The molecular formula is C31H27NO2. The van der Waals surface area contributed by atoms with Crippen molar-refractivity contribution in [3.05, 3.63) is 144 Å². The van der Waals surface area contributed by atoms with Gasteiger partial charge in [0.1, 0.15) is 0 Å². The molecule has 0 spiro atoms. The molecule has 4 aromatic carbocycles. The number of carbonyl (C=O) groups excluding carboxylic acids is 2. The minimum absolute atomic E-state index is 0.00835. The fraction of sp³-hybridized carbons (Fsp3) is 0.161. The summed E-state index contributed by atoms with van der Waals surface area (Å²) in [6.07, 6.45) is 0. The molecule has 3 heteroatoms. The standard InChI is InChI=1S/C31H27NO2/c1-32-28(23-16-8-3-9-17-23)26(22-14-6-2-7-15-22)27(30(33)24-18-10-4-11-19-24)29(32)31(34)25-20-12-5-13-21-25/h2-21,26-29H,1H3/t26-,27-,28+,29-/m1/s1. The number of nitrogens with zero attached hydrogens (tertiary/aromatic N) is 1. The van der Waals surface area contributed by atoms with Crippen molar-refractivity contribution in [2.24, 2.45) is 5.92 Å². The normalized spacial score (nSPS) is 22.4. The average molecular weight is 446 g/mol. The molecule has 0 aliphatic carbocycles. The van der Waals surface area contributed by atoms with Crippen LogP contribution in [-0.2, 0) is 0 Å². The molecule has 0 saturated carbocycles. The number of hydrogen-bond acceptors (Lipinski definition) is 3. The SMILES string of the molecule is CN1[C@@H](C(=O)c2ccccc2)[C@H](C(=O)c2ccccc2)[C@@H](c2ccccc2)[C@@H]1c1ccccc1. The van der Waals surface area contributed by atoms with E-state index in [1.54, 1.807) is 0 Å². The van der Waals surface area contributed by atoms with Gasteiger partial charge in [-0.05, 0) is 18.2 Å². The van der Waals surface area contributed by atoms with Gasteiger partial charge in [-0.25, -0.2) is 0 Å². The van der Waals surface area contributed by atoms with Crippen LogP contribution in [0.5, 0.6) is 0 Å². The van der Waals surface area contributed by atoms with Gasteiger partial charge in [-0.15, -0.1) is 0 Å². The predicted molar refractivity (Wildman–Crippen MR) is 135 cm³/mol. The Bertz CT molecular complexity index is 1260. The van der Waals surface area contributed by atoms with Gasteiger partial charge in [-0.2, -0.15) is 0 Å². The molecule has 0 N–H and O–H groups in total. The largest absolute Gasteiger partial charge is 0.294 e. The maximum absolute atomic E-state index is 14.1. The lowest BCUT2D eigenvalue weighted by Gasteiger charge is -2.27. The molecule has 0 bridgehead atoms. The fourth-order valence-corrected chi connectivity index (χ4v) is 5.45. The first kappa shape index (κ1) is 22.0. The number of carbonyl (C=O) groups is 2. The number of hydrogen-bond donors (Lipinski definition) is 0. The van der Waals surface area contributed by atoms with Crippen molar-refractivity contribution in [3.8, 4) is 0 Å². The minimum atomic E-state index is -0.578. The third-order valence-corrected chi connectivity index (χ3v) is 6.96. The van der Waals surface area contributed by atoms with Crippen molar-refractivity contribution in [1.29, 1.82) is 0 Å². The second-order valence-corrected chi connectivity index (χ2v) is 8.89. The number of ketones is 2. The highest BCUT2D eigenvalue weighted by atomic mass is 16.1. The topological polar surface area (TPSA) is 37.4 Å². The van der Waals surface area contributed by atoms with Gasteiger partial charge in [0, 0.05) is 23.1 Å². The van der Waals surface area contributed by atoms with Gasteiger partial charge in [-0.1, -0.05) is 121 Å². The molecule has 0 radical (unpaired) electrons. The summed E-state index contributed by atoms with van der Waals surface area (Å²) in [4.78, 5) is 30.2. The Morgan fingerprint density at radius 1 is 0.559 bits per heavy atom. The van der Waals surface area contributed by atoms with Crippen molar-refractivity contribution in [1.82, 2.24) is 4.90 Å². The van der Waals surface area contributed by atoms with Crippen LogP contribution >= 0.6 is 0 Å². The van der Waals surface area contributed by atoms with Crippen LogP contribution in [0.15, 0.2) is 121 Å². The fourth-order valence-electron chi connectivity index (χ4n) is 5.45. The minimum Gasteiger partial charge on any atom is -0.294 e. The molecule has 0 unspecified atom stereocenters. The smallest absolute Gasteiger partial charge is 0.180 e. The van der Waals surface area contributed by atoms with Crippen LogP contribution in [-0.4, -0.2) is 29.6 Å². The highest BCUT2D eigenvalue weighted by Gasteiger charge is 2.54. The van der Waals surface area contributed by atoms with E-state index in [4.69, 9.17) is 0 Å². The summed E-state index contributed by atoms with van der Waals surface area (Å²) in [7, 11) is 1.98. The molecule has 168 valence electrons. The van der Waals surface area contributed by atoms with Crippen LogP contribution < -0.4 is 0 Å². The van der Waals surface area contributed by atoms with Crippen molar-refractivity contribution in [2.45, 2.75) is 18.0 Å². The maximum atomic E-state index is 14.1.